The third-order valence-corrected chi connectivity index (χ3v) is 0.806. The minimum atomic E-state index is -1.33. The van der Waals surface area contributed by atoms with E-state index in [0.717, 1.165) is 6.08 Å². The third-order valence-electron chi connectivity index (χ3n) is 0.806. The lowest BCUT2D eigenvalue weighted by Crippen LogP contribution is -2.42. The van der Waals surface area contributed by atoms with Gasteiger partial charge in [0, 0.05) is 12.2 Å². The van der Waals surface area contributed by atoms with Gasteiger partial charge in [-0.15, -0.1) is 0 Å². The van der Waals surface area contributed by atoms with Gasteiger partial charge in [-0.1, -0.05) is 0 Å². The summed E-state index contributed by atoms with van der Waals surface area (Å²) in [5, 5.41) is 19.3. The van der Waals surface area contributed by atoms with E-state index in [-0.39, 0.29) is 0 Å². The van der Waals surface area contributed by atoms with Gasteiger partial charge in [0.2, 0.25) is 5.91 Å². The SMILES string of the molecule is CC(C)(O)NC(=O)C=CC(=O)O. The summed E-state index contributed by atoms with van der Waals surface area (Å²) in [4.78, 5) is 20.7. The van der Waals surface area contributed by atoms with Crippen molar-refractivity contribution in [3.63, 3.8) is 0 Å². The number of aliphatic carboxylic acids is 1. The highest BCUT2D eigenvalue weighted by molar-refractivity contribution is 5.94. The van der Waals surface area contributed by atoms with Crippen LogP contribution in [0.25, 0.3) is 0 Å². The van der Waals surface area contributed by atoms with Gasteiger partial charge in [0.15, 0.2) is 0 Å². The molecule has 0 aromatic heterocycles. The van der Waals surface area contributed by atoms with Crippen LogP contribution in [0.1, 0.15) is 13.8 Å². The van der Waals surface area contributed by atoms with E-state index in [1.807, 2.05) is 0 Å². The summed E-state index contributed by atoms with van der Waals surface area (Å²) in [5.74, 6) is -1.86. The molecule has 0 rings (SSSR count). The van der Waals surface area contributed by atoms with Crippen LogP contribution in [0.4, 0.5) is 0 Å². The van der Waals surface area contributed by atoms with Gasteiger partial charge in [-0.25, -0.2) is 4.79 Å². The molecule has 0 aromatic rings. The second kappa shape index (κ2) is 3.87. The Morgan fingerprint density at radius 1 is 1.33 bits per heavy atom. The van der Waals surface area contributed by atoms with Crippen molar-refractivity contribution in [2.24, 2.45) is 0 Å². The monoisotopic (exact) mass is 173 g/mol. The number of amides is 1. The van der Waals surface area contributed by atoms with Crippen LogP contribution in [0, 0.1) is 0 Å². The molecular formula is C7H11NO4. The van der Waals surface area contributed by atoms with E-state index < -0.39 is 17.6 Å². The number of carbonyl (C=O) groups excluding carboxylic acids is 1. The van der Waals surface area contributed by atoms with E-state index in [1.165, 1.54) is 13.8 Å². The molecule has 5 heteroatoms. The van der Waals surface area contributed by atoms with Crippen LogP contribution in [-0.4, -0.2) is 27.8 Å². The summed E-state index contributed by atoms with van der Waals surface area (Å²) in [6.07, 6.45) is 1.53. The molecule has 0 aliphatic rings. The van der Waals surface area contributed by atoms with Crippen LogP contribution < -0.4 is 5.32 Å². The Morgan fingerprint density at radius 2 is 1.83 bits per heavy atom. The van der Waals surface area contributed by atoms with E-state index in [2.05, 4.69) is 5.32 Å². The number of carbonyl (C=O) groups is 2. The predicted molar refractivity (Wildman–Crippen MR) is 41.2 cm³/mol. The average molecular weight is 173 g/mol. The van der Waals surface area contributed by atoms with E-state index in [0.29, 0.717) is 6.08 Å². The number of hydrogen-bond acceptors (Lipinski definition) is 3. The highest BCUT2D eigenvalue weighted by Gasteiger charge is 2.13. The molecule has 0 unspecified atom stereocenters. The smallest absolute Gasteiger partial charge is 0.328 e. The van der Waals surface area contributed by atoms with Crippen molar-refractivity contribution >= 4 is 11.9 Å². The first-order chi connectivity index (χ1) is 5.31. The molecule has 68 valence electrons. The Balaban J connectivity index is 3.99. The predicted octanol–water partition coefficient (Wildman–Crippen LogP) is -0.528. The molecule has 0 spiro atoms. The molecule has 0 bridgehead atoms. The van der Waals surface area contributed by atoms with Gasteiger partial charge >= 0.3 is 5.97 Å². The first kappa shape index (κ1) is 10.6. The first-order valence-corrected chi connectivity index (χ1v) is 3.27. The maximum atomic E-state index is 10.7. The van der Waals surface area contributed by atoms with Crippen molar-refractivity contribution in [2.45, 2.75) is 19.6 Å². The Morgan fingerprint density at radius 3 is 2.17 bits per heavy atom. The lowest BCUT2D eigenvalue weighted by Gasteiger charge is -2.17. The summed E-state index contributed by atoms with van der Waals surface area (Å²) >= 11 is 0. The van der Waals surface area contributed by atoms with Crippen molar-refractivity contribution in [2.75, 3.05) is 0 Å². The Bertz CT molecular complexity index is 214. The normalized spacial score (nSPS) is 11.6. The quantitative estimate of drug-likeness (QED) is 0.395. The van der Waals surface area contributed by atoms with Crippen molar-refractivity contribution < 1.29 is 19.8 Å². The molecule has 0 heterocycles. The molecule has 3 N–H and O–H groups in total. The summed E-state index contributed by atoms with van der Waals surface area (Å²) in [6, 6.07) is 0. The summed E-state index contributed by atoms with van der Waals surface area (Å²) < 4.78 is 0. The number of carboxylic acid groups (broad SMARTS) is 1. The van der Waals surface area contributed by atoms with Gasteiger partial charge in [0.1, 0.15) is 5.72 Å². The van der Waals surface area contributed by atoms with Gasteiger partial charge in [-0.2, -0.15) is 0 Å². The van der Waals surface area contributed by atoms with E-state index in [1.54, 1.807) is 0 Å². The lowest BCUT2D eigenvalue weighted by molar-refractivity contribution is -0.132. The minimum Gasteiger partial charge on any atom is -0.478 e. The van der Waals surface area contributed by atoms with E-state index in [9.17, 15) is 9.59 Å². The van der Waals surface area contributed by atoms with Crippen LogP contribution in [0.5, 0.6) is 0 Å². The highest BCUT2D eigenvalue weighted by Crippen LogP contribution is 1.93. The Kier molecular flexibility index (Phi) is 3.43. The number of aliphatic hydroxyl groups is 1. The Labute approximate surface area is 69.7 Å². The second-order valence-electron chi connectivity index (χ2n) is 2.72. The molecule has 1 amide bonds. The van der Waals surface area contributed by atoms with Gasteiger partial charge in [0.25, 0.3) is 0 Å². The maximum absolute atomic E-state index is 10.7. The topological polar surface area (TPSA) is 86.6 Å². The van der Waals surface area contributed by atoms with Crippen LogP contribution in [0.3, 0.4) is 0 Å². The molecule has 0 fully saturated rings. The molecule has 0 atom stereocenters. The van der Waals surface area contributed by atoms with Gasteiger partial charge < -0.3 is 15.5 Å². The van der Waals surface area contributed by atoms with Crippen molar-refractivity contribution in [1.29, 1.82) is 0 Å². The zero-order valence-electron chi connectivity index (χ0n) is 6.87. The van der Waals surface area contributed by atoms with Crippen LogP contribution in [0.15, 0.2) is 12.2 Å². The van der Waals surface area contributed by atoms with Crippen LogP contribution >= 0.6 is 0 Å². The lowest BCUT2D eigenvalue weighted by atomic mass is 10.3. The molecule has 0 saturated heterocycles. The molecule has 0 saturated carbocycles. The van der Waals surface area contributed by atoms with Crippen LogP contribution in [0.2, 0.25) is 0 Å². The molecule has 0 aliphatic carbocycles. The van der Waals surface area contributed by atoms with Crippen molar-refractivity contribution in [1.82, 2.24) is 5.32 Å². The highest BCUT2D eigenvalue weighted by atomic mass is 16.4. The van der Waals surface area contributed by atoms with Gasteiger partial charge in [-0.3, -0.25) is 4.79 Å². The number of nitrogens with one attached hydrogen (secondary N) is 1. The second-order valence-corrected chi connectivity index (χ2v) is 2.72. The Hall–Kier alpha value is -1.36. The average Bonchev–Trinajstić information content (AvgIpc) is 1.79. The van der Waals surface area contributed by atoms with Gasteiger partial charge in [0.05, 0.1) is 0 Å². The summed E-state index contributed by atoms with van der Waals surface area (Å²) in [5.41, 5.74) is -1.33. The molecular weight excluding hydrogens is 162 g/mol. The number of rotatable bonds is 3. The molecule has 0 aromatic carbocycles. The standard InChI is InChI=1S/C7H11NO4/c1-7(2,12)8-5(9)3-4-6(10)11/h3-4,12H,1-2H3,(H,8,9)(H,10,11). The number of carboxylic acids is 1. The number of hydrogen-bond donors (Lipinski definition) is 3. The fourth-order valence-corrected chi connectivity index (χ4v) is 0.490. The molecule has 12 heavy (non-hydrogen) atoms. The van der Waals surface area contributed by atoms with Gasteiger partial charge in [-0.05, 0) is 13.8 Å². The maximum Gasteiger partial charge on any atom is 0.328 e. The largest absolute Gasteiger partial charge is 0.478 e. The zero-order valence-corrected chi connectivity index (χ0v) is 6.87. The van der Waals surface area contributed by atoms with E-state index in [4.69, 9.17) is 10.2 Å². The molecule has 0 aliphatic heterocycles. The fraction of sp³-hybridized carbons (Fsp3) is 0.429. The summed E-state index contributed by atoms with van der Waals surface area (Å²) in [6.45, 7) is 2.75. The molecule has 5 nitrogen and oxygen atoms in total. The minimum absolute atomic E-state index is 0.648. The fourth-order valence-electron chi connectivity index (χ4n) is 0.490. The van der Waals surface area contributed by atoms with Crippen LogP contribution in [-0.2, 0) is 9.59 Å². The third kappa shape index (κ3) is 6.76. The van der Waals surface area contributed by atoms with E-state index >= 15 is 0 Å². The molecule has 0 radical (unpaired) electrons. The van der Waals surface area contributed by atoms with Crippen molar-refractivity contribution in [3.8, 4) is 0 Å². The van der Waals surface area contributed by atoms with Crippen molar-refractivity contribution in [3.05, 3.63) is 12.2 Å². The first-order valence-electron chi connectivity index (χ1n) is 3.27. The zero-order chi connectivity index (χ0) is 9.78. The summed E-state index contributed by atoms with van der Waals surface area (Å²) in [7, 11) is 0.